The topological polar surface area (TPSA) is 29.5 Å². The standard InChI is InChI=1S/C15H20ClF2NO2/c1-3-11(4-2)19(10-9-16)14(20)12-7-5-6-8-13(12)21-15(17)18/h5-8,11,15H,3-4,9-10H2,1-2H3. The van der Waals surface area contributed by atoms with Crippen LogP contribution in [0, 0.1) is 0 Å². The van der Waals surface area contributed by atoms with Crippen molar-refractivity contribution in [2.75, 3.05) is 12.4 Å². The second-order valence-electron chi connectivity index (χ2n) is 4.53. The highest BCUT2D eigenvalue weighted by molar-refractivity contribution is 6.18. The van der Waals surface area contributed by atoms with Crippen LogP contribution in [0.2, 0.25) is 0 Å². The molecule has 1 rings (SSSR count). The second-order valence-corrected chi connectivity index (χ2v) is 4.91. The summed E-state index contributed by atoms with van der Waals surface area (Å²) in [6, 6.07) is 6.06. The fraction of sp³-hybridized carbons (Fsp3) is 0.533. The van der Waals surface area contributed by atoms with Gasteiger partial charge in [0.25, 0.3) is 5.91 Å². The van der Waals surface area contributed by atoms with Crippen LogP contribution in [0.3, 0.4) is 0 Å². The van der Waals surface area contributed by atoms with Crippen LogP contribution in [0.4, 0.5) is 8.78 Å². The van der Waals surface area contributed by atoms with Crippen molar-refractivity contribution in [3.05, 3.63) is 29.8 Å². The average molecular weight is 320 g/mol. The van der Waals surface area contributed by atoms with Gasteiger partial charge in [0, 0.05) is 18.5 Å². The van der Waals surface area contributed by atoms with Crippen molar-refractivity contribution in [2.45, 2.75) is 39.3 Å². The first-order valence-electron chi connectivity index (χ1n) is 6.95. The zero-order valence-corrected chi connectivity index (χ0v) is 12.9. The molecule has 118 valence electrons. The number of benzene rings is 1. The van der Waals surface area contributed by atoms with Crippen molar-refractivity contribution in [1.29, 1.82) is 0 Å². The molecule has 0 saturated heterocycles. The zero-order chi connectivity index (χ0) is 15.8. The molecule has 1 aromatic carbocycles. The van der Waals surface area contributed by atoms with E-state index in [1.807, 2.05) is 13.8 Å². The summed E-state index contributed by atoms with van der Waals surface area (Å²) in [5, 5.41) is 0. The Kier molecular flexibility index (Phi) is 7.43. The van der Waals surface area contributed by atoms with Crippen LogP contribution in [0.5, 0.6) is 5.75 Å². The number of para-hydroxylation sites is 1. The van der Waals surface area contributed by atoms with E-state index < -0.39 is 6.61 Å². The molecule has 0 N–H and O–H groups in total. The Morgan fingerprint density at radius 3 is 2.43 bits per heavy atom. The number of ether oxygens (including phenoxy) is 1. The Labute approximate surface area is 128 Å². The molecule has 0 spiro atoms. The van der Waals surface area contributed by atoms with Crippen LogP contribution in [0.25, 0.3) is 0 Å². The van der Waals surface area contributed by atoms with Gasteiger partial charge in [-0.3, -0.25) is 4.79 Å². The maximum atomic E-state index is 12.6. The summed E-state index contributed by atoms with van der Waals surface area (Å²) >= 11 is 5.76. The minimum Gasteiger partial charge on any atom is -0.434 e. The molecule has 1 aromatic rings. The minimum absolute atomic E-state index is 0.0239. The largest absolute Gasteiger partial charge is 0.434 e. The van der Waals surface area contributed by atoms with Gasteiger partial charge in [-0.15, -0.1) is 11.6 Å². The highest BCUT2D eigenvalue weighted by Gasteiger charge is 2.25. The molecule has 1 amide bonds. The number of rotatable bonds is 8. The summed E-state index contributed by atoms with van der Waals surface area (Å²) in [7, 11) is 0. The van der Waals surface area contributed by atoms with Gasteiger partial charge in [-0.1, -0.05) is 26.0 Å². The third kappa shape index (κ3) is 4.84. The number of hydrogen-bond acceptors (Lipinski definition) is 2. The monoisotopic (exact) mass is 319 g/mol. The summed E-state index contributed by atoms with van der Waals surface area (Å²) in [5.74, 6) is -0.149. The SMILES string of the molecule is CCC(CC)N(CCCl)C(=O)c1ccccc1OC(F)F. The van der Waals surface area contributed by atoms with E-state index in [9.17, 15) is 13.6 Å². The van der Waals surface area contributed by atoms with Crippen LogP contribution >= 0.6 is 11.6 Å². The first-order chi connectivity index (χ1) is 10.0. The fourth-order valence-corrected chi connectivity index (χ4v) is 2.45. The van der Waals surface area contributed by atoms with Crippen molar-refractivity contribution in [2.24, 2.45) is 0 Å². The summed E-state index contributed by atoms with van der Waals surface area (Å²) in [6.45, 7) is 1.36. The molecule has 0 bridgehead atoms. The lowest BCUT2D eigenvalue weighted by atomic mass is 10.1. The predicted molar refractivity (Wildman–Crippen MR) is 79.2 cm³/mol. The maximum absolute atomic E-state index is 12.6. The van der Waals surface area contributed by atoms with Gasteiger partial charge in [0.15, 0.2) is 0 Å². The van der Waals surface area contributed by atoms with E-state index in [0.29, 0.717) is 12.4 Å². The third-order valence-corrected chi connectivity index (χ3v) is 3.47. The summed E-state index contributed by atoms with van der Waals surface area (Å²) in [5.41, 5.74) is 0.134. The van der Waals surface area contributed by atoms with Gasteiger partial charge >= 0.3 is 6.61 Å². The third-order valence-electron chi connectivity index (χ3n) is 3.30. The van der Waals surface area contributed by atoms with Gasteiger partial charge in [-0.2, -0.15) is 8.78 Å². The first kappa shape index (κ1) is 17.7. The number of carbonyl (C=O) groups excluding carboxylic acids is 1. The molecule has 0 aliphatic rings. The van der Waals surface area contributed by atoms with E-state index >= 15 is 0 Å². The van der Waals surface area contributed by atoms with Crippen molar-refractivity contribution < 1.29 is 18.3 Å². The molecule has 0 fully saturated rings. The lowest BCUT2D eigenvalue weighted by Gasteiger charge is -2.30. The minimum atomic E-state index is -2.96. The van der Waals surface area contributed by atoms with Crippen molar-refractivity contribution >= 4 is 17.5 Å². The molecule has 0 saturated carbocycles. The molecule has 0 unspecified atom stereocenters. The maximum Gasteiger partial charge on any atom is 0.387 e. The van der Waals surface area contributed by atoms with Crippen LogP contribution in [0.15, 0.2) is 24.3 Å². The molecule has 0 aromatic heterocycles. The molecule has 0 aliphatic heterocycles. The highest BCUT2D eigenvalue weighted by atomic mass is 35.5. The lowest BCUT2D eigenvalue weighted by Crippen LogP contribution is -2.41. The molecule has 0 heterocycles. The van der Waals surface area contributed by atoms with Gasteiger partial charge in [-0.05, 0) is 25.0 Å². The van der Waals surface area contributed by atoms with Gasteiger partial charge in [0.05, 0.1) is 5.56 Å². The van der Waals surface area contributed by atoms with E-state index in [1.165, 1.54) is 12.1 Å². The van der Waals surface area contributed by atoms with Crippen LogP contribution < -0.4 is 4.74 Å². The number of nitrogens with zero attached hydrogens (tertiary/aromatic N) is 1. The van der Waals surface area contributed by atoms with E-state index in [0.717, 1.165) is 12.8 Å². The van der Waals surface area contributed by atoms with Crippen LogP contribution in [0.1, 0.15) is 37.0 Å². The number of halogens is 3. The summed E-state index contributed by atoms with van der Waals surface area (Å²) in [6.07, 6.45) is 1.55. The van der Waals surface area contributed by atoms with Gasteiger partial charge < -0.3 is 9.64 Å². The molecular formula is C15H20ClF2NO2. The van der Waals surface area contributed by atoms with Crippen molar-refractivity contribution in [3.8, 4) is 5.75 Å². The average Bonchev–Trinajstić information content (AvgIpc) is 2.47. The molecule has 0 atom stereocenters. The summed E-state index contributed by atoms with van der Waals surface area (Å²) in [4.78, 5) is 14.3. The van der Waals surface area contributed by atoms with E-state index in [1.54, 1.807) is 17.0 Å². The Morgan fingerprint density at radius 2 is 1.90 bits per heavy atom. The summed E-state index contributed by atoms with van der Waals surface area (Å²) < 4.78 is 29.3. The quantitative estimate of drug-likeness (QED) is 0.673. The molecule has 3 nitrogen and oxygen atoms in total. The second kappa shape index (κ2) is 8.82. The highest BCUT2D eigenvalue weighted by Crippen LogP contribution is 2.23. The Bertz CT molecular complexity index is 453. The predicted octanol–water partition coefficient (Wildman–Crippen LogP) is 4.16. The van der Waals surface area contributed by atoms with Gasteiger partial charge in [-0.25, -0.2) is 0 Å². The lowest BCUT2D eigenvalue weighted by molar-refractivity contribution is -0.0503. The van der Waals surface area contributed by atoms with Gasteiger partial charge in [0.2, 0.25) is 0 Å². The Balaban J connectivity index is 3.08. The van der Waals surface area contributed by atoms with Crippen LogP contribution in [-0.4, -0.2) is 35.9 Å². The Hall–Kier alpha value is -1.36. The van der Waals surface area contributed by atoms with Crippen molar-refractivity contribution in [1.82, 2.24) is 4.90 Å². The first-order valence-corrected chi connectivity index (χ1v) is 7.49. The number of alkyl halides is 3. The molecular weight excluding hydrogens is 300 g/mol. The fourth-order valence-electron chi connectivity index (χ4n) is 2.27. The number of hydrogen-bond donors (Lipinski definition) is 0. The van der Waals surface area contributed by atoms with Gasteiger partial charge in [0.1, 0.15) is 5.75 Å². The molecule has 0 radical (unpaired) electrons. The number of carbonyl (C=O) groups is 1. The van der Waals surface area contributed by atoms with E-state index in [-0.39, 0.29) is 23.3 Å². The van der Waals surface area contributed by atoms with E-state index in [2.05, 4.69) is 4.74 Å². The number of amides is 1. The van der Waals surface area contributed by atoms with Crippen molar-refractivity contribution in [3.63, 3.8) is 0 Å². The zero-order valence-electron chi connectivity index (χ0n) is 12.2. The van der Waals surface area contributed by atoms with Crippen LogP contribution in [-0.2, 0) is 0 Å². The normalized spacial score (nSPS) is 11.0. The molecule has 21 heavy (non-hydrogen) atoms. The molecule has 0 aliphatic carbocycles. The smallest absolute Gasteiger partial charge is 0.387 e. The molecule has 6 heteroatoms. The van der Waals surface area contributed by atoms with E-state index in [4.69, 9.17) is 11.6 Å². The Morgan fingerprint density at radius 1 is 1.29 bits per heavy atom.